The lowest BCUT2D eigenvalue weighted by atomic mass is 10.1. The first-order valence-electron chi connectivity index (χ1n) is 6.47. The van der Waals surface area contributed by atoms with Gasteiger partial charge in [-0.25, -0.2) is 0 Å². The molecule has 2 aromatic heterocycles. The van der Waals surface area contributed by atoms with E-state index in [9.17, 15) is 0 Å². The van der Waals surface area contributed by atoms with E-state index in [1.807, 2.05) is 24.3 Å². The molecule has 1 aliphatic rings. The fraction of sp³-hybridized carbons (Fsp3) is 0.357. The number of nitrogens with zero attached hydrogens (tertiary/aromatic N) is 4. The van der Waals surface area contributed by atoms with Crippen molar-refractivity contribution in [1.29, 1.82) is 0 Å². The van der Waals surface area contributed by atoms with Gasteiger partial charge in [-0.15, -0.1) is 10.2 Å². The molecule has 1 saturated heterocycles. The second-order valence-corrected chi connectivity index (χ2v) is 4.80. The third-order valence-electron chi connectivity index (χ3n) is 3.49. The van der Waals surface area contributed by atoms with E-state index in [1.54, 1.807) is 12.4 Å². The summed E-state index contributed by atoms with van der Waals surface area (Å²) in [5.74, 6) is 1.25. The molecule has 1 atom stereocenters. The zero-order chi connectivity index (χ0) is 13.1. The van der Waals surface area contributed by atoms with Crippen LogP contribution in [0.5, 0.6) is 0 Å². The van der Waals surface area contributed by atoms with Gasteiger partial charge in [-0.05, 0) is 30.7 Å². The number of pyridine rings is 1. The molecule has 2 aromatic rings. The maximum absolute atomic E-state index is 9.15. The first-order valence-corrected chi connectivity index (χ1v) is 6.47. The Morgan fingerprint density at radius 1 is 1.16 bits per heavy atom. The van der Waals surface area contributed by atoms with Crippen LogP contribution in [0.15, 0.2) is 36.7 Å². The summed E-state index contributed by atoms with van der Waals surface area (Å²) < 4.78 is 0. The average molecular weight is 256 g/mol. The van der Waals surface area contributed by atoms with E-state index >= 15 is 0 Å². The maximum Gasteiger partial charge on any atom is 0.151 e. The maximum atomic E-state index is 9.15. The summed E-state index contributed by atoms with van der Waals surface area (Å²) in [4.78, 5) is 6.16. The van der Waals surface area contributed by atoms with Crippen LogP contribution >= 0.6 is 0 Å². The highest BCUT2D eigenvalue weighted by atomic mass is 16.3. The van der Waals surface area contributed by atoms with Crippen molar-refractivity contribution < 1.29 is 5.11 Å². The van der Waals surface area contributed by atoms with Gasteiger partial charge in [0, 0.05) is 43.6 Å². The molecule has 3 heterocycles. The monoisotopic (exact) mass is 256 g/mol. The van der Waals surface area contributed by atoms with Crippen molar-refractivity contribution >= 4 is 5.82 Å². The zero-order valence-electron chi connectivity index (χ0n) is 10.6. The minimum absolute atomic E-state index is 0.249. The van der Waals surface area contributed by atoms with Crippen molar-refractivity contribution in [1.82, 2.24) is 15.2 Å². The molecule has 1 N–H and O–H groups in total. The standard InChI is InChI=1S/C14H16N4O/c19-10-11-5-8-18(9-11)14-2-1-13(16-17-14)12-3-6-15-7-4-12/h1-4,6-7,11,19H,5,8-10H2. The van der Waals surface area contributed by atoms with Gasteiger partial charge in [0.15, 0.2) is 5.82 Å². The van der Waals surface area contributed by atoms with Crippen LogP contribution in [-0.4, -0.2) is 40.0 Å². The van der Waals surface area contributed by atoms with Crippen molar-refractivity contribution in [2.24, 2.45) is 5.92 Å². The van der Waals surface area contributed by atoms with Gasteiger partial charge < -0.3 is 10.0 Å². The van der Waals surface area contributed by atoms with Crippen LogP contribution in [0.3, 0.4) is 0 Å². The molecule has 0 radical (unpaired) electrons. The summed E-state index contributed by atoms with van der Waals surface area (Å²) in [6, 6.07) is 7.80. The number of anilines is 1. The Morgan fingerprint density at radius 3 is 2.63 bits per heavy atom. The predicted octanol–water partition coefficient (Wildman–Crippen LogP) is 1.36. The van der Waals surface area contributed by atoms with Gasteiger partial charge in [0.1, 0.15) is 0 Å². The number of hydrogen-bond donors (Lipinski definition) is 1. The van der Waals surface area contributed by atoms with E-state index in [2.05, 4.69) is 20.1 Å². The molecule has 19 heavy (non-hydrogen) atoms. The Hall–Kier alpha value is -2.01. The number of aromatic nitrogens is 3. The Balaban J connectivity index is 1.76. The molecule has 0 saturated carbocycles. The first-order chi connectivity index (χ1) is 9.36. The molecule has 1 unspecified atom stereocenters. The largest absolute Gasteiger partial charge is 0.396 e. The molecule has 3 rings (SSSR count). The zero-order valence-corrected chi connectivity index (χ0v) is 10.6. The first kappa shape index (κ1) is 12.0. The summed E-state index contributed by atoms with van der Waals surface area (Å²) in [6.07, 6.45) is 4.51. The SMILES string of the molecule is OCC1CCN(c2ccc(-c3ccncc3)nn2)C1. The molecule has 5 nitrogen and oxygen atoms in total. The molecular weight excluding hydrogens is 240 g/mol. The number of aliphatic hydroxyl groups excluding tert-OH is 1. The lowest BCUT2D eigenvalue weighted by molar-refractivity contribution is 0.238. The van der Waals surface area contributed by atoms with Gasteiger partial charge in [-0.1, -0.05) is 0 Å². The van der Waals surface area contributed by atoms with Crippen LogP contribution in [-0.2, 0) is 0 Å². The Kier molecular flexibility index (Phi) is 3.37. The number of hydrogen-bond acceptors (Lipinski definition) is 5. The van der Waals surface area contributed by atoms with E-state index in [4.69, 9.17) is 5.11 Å². The third-order valence-corrected chi connectivity index (χ3v) is 3.49. The highest BCUT2D eigenvalue weighted by Crippen LogP contribution is 2.23. The van der Waals surface area contributed by atoms with Crippen LogP contribution in [0.2, 0.25) is 0 Å². The van der Waals surface area contributed by atoms with Crippen LogP contribution in [0.4, 0.5) is 5.82 Å². The van der Waals surface area contributed by atoms with E-state index in [1.165, 1.54) is 0 Å². The molecule has 0 bridgehead atoms. The van der Waals surface area contributed by atoms with Crippen LogP contribution in [0.1, 0.15) is 6.42 Å². The van der Waals surface area contributed by atoms with Gasteiger partial charge in [0.25, 0.3) is 0 Å². The molecule has 1 aliphatic heterocycles. The van der Waals surface area contributed by atoms with Gasteiger partial charge in [0.2, 0.25) is 0 Å². The van der Waals surface area contributed by atoms with Crippen LogP contribution < -0.4 is 4.90 Å². The second kappa shape index (κ2) is 5.32. The summed E-state index contributed by atoms with van der Waals surface area (Å²) in [7, 11) is 0. The number of aliphatic hydroxyl groups is 1. The van der Waals surface area contributed by atoms with Gasteiger partial charge in [0.05, 0.1) is 5.69 Å². The smallest absolute Gasteiger partial charge is 0.151 e. The summed E-state index contributed by atoms with van der Waals surface area (Å²) in [5.41, 5.74) is 1.87. The van der Waals surface area contributed by atoms with Crippen molar-refractivity contribution in [3.05, 3.63) is 36.7 Å². The molecule has 5 heteroatoms. The fourth-order valence-corrected chi connectivity index (χ4v) is 2.36. The normalized spacial score (nSPS) is 18.8. The molecule has 0 aliphatic carbocycles. The summed E-state index contributed by atoms with van der Waals surface area (Å²) in [6.45, 7) is 2.05. The quantitative estimate of drug-likeness (QED) is 0.898. The molecule has 0 spiro atoms. The highest BCUT2D eigenvalue weighted by Gasteiger charge is 2.22. The van der Waals surface area contributed by atoms with E-state index in [-0.39, 0.29) is 6.61 Å². The summed E-state index contributed by atoms with van der Waals surface area (Å²) in [5, 5.41) is 17.7. The topological polar surface area (TPSA) is 62.1 Å². The molecule has 0 aromatic carbocycles. The number of rotatable bonds is 3. The van der Waals surface area contributed by atoms with Crippen molar-refractivity contribution in [2.45, 2.75) is 6.42 Å². The second-order valence-electron chi connectivity index (χ2n) is 4.80. The average Bonchev–Trinajstić information content (AvgIpc) is 2.97. The minimum Gasteiger partial charge on any atom is -0.396 e. The van der Waals surface area contributed by atoms with E-state index in [0.29, 0.717) is 5.92 Å². The van der Waals surface area contributed by atoms with Crippen molar-refractivity contribution in [3.63, 3.8) is 0 Å². The lowest BCUT2D eigenvalue weighted by Gasteiger charge is -2.16. The van der Waals surface area contributed by atoms with Crippen LogP contribution in [0, 0.1) is 5.92 Å². The minimum atomic E-state index is 0.249. The van der Waals surface area contributed by atoms with Crippen molar-refractivity contribution in [2.75, 3.05) is 24.6 Å². The fourth-order valence-electron chi connectivity index (χ4n) is 2.36. The lowest BCUT2D eigenvalue weighted by Crippen LogP contribution is -2.21. The molecule has 1 fully saturated rings. The van der Waals surface area contributed by atoms with E-state index < -0.39 is 0 Å². The van der Waals surface area contributed by atoms with Crippen LogP contribution in [0.25, 0.3) is 11.3 Å². The van der Waals surface area contributed by atoms with Gasteiger partial charge in [-0.3, -0.25) is 4.98 Å². The third kappa shape index (κ3) is 2.56. The molecule has 0 amide bonds. The highest BCUT2D eigenvalue weighted by molar-refractivity contribution is 5.58. The Labute approximate surface area is 111 Å². The molecule has 98 valence electrons. The van der Waals surface area contributed by atoms with Crippen molar-refractivity contribution in [3.8, 4) is 11.3 Å². The van der Waals surface area contributed by atoms with E-state index in [0.717, 1.165) is 36.6 Å². The predicted molar refractivity (Wildman–Crippen MR) is 72.7 cm³/mol. The summed E-state index contributed by atoms with van der Waals surface area (Å²) >= 11 is 0. The molecular formula is C14H16N4O. The van der Waals surface area contributed by atoms with Gasteiger partial charge >= 0.3 is 0 Å². The van der Waals surface area contributed by atoms with Gasteiger partial charge in [-0.2, -0.15) is 0 Å². The Bertz CT molecular complexity index is 529. The Morgan fingerprint density at radius 2 is 2.00 bits per heavy atom.